The van der Waals surface area contributed by atoms with Gasteiger partial charge in [0.25, 0.3) is 5.91 Å². The molecule has 2 aromatic heterocycles. The van der Waals surface area contributed by atoms with Crippen LogP contribution in [-0.2, 0) is 0 Å². The van der Waals surface area contributed by atoms with Crippen molar-refractivity contribution < 1.29 is 4.79 Å². The third-order valence-electron chi connectivity index (χ3n) is 6.97. The molecule has 3 aromatic carbocycles. The molecule has 0 saturated carbocycles. The number of fused-ring (bicyclic) bond motifs is 1. The van der Waals surface area contributed by atoms with E-state index in [1.807, 2.05) is 47.4 Å². The summed E-state index contributed by atoms with van der Waals surface area (Å²) in [6.45, 7) is 2.95. The van der Waals surface area contributed by atoms with Crippen molar-refractivity contribution in [2.24, 2.45) is 0 Å². The van der Waals surface area contributed by atoms with Gasteiger partial charge in [-0.25, -0.2) is 4.98 Å². The topological polar surface area (TPSA) is 36.4 Å². The minimum Gasteiger partial charge on any atom is -0.336 e. The van der Waals surface area contributed by atoms with Gasteiger partial charge in [-0.15, -0.1) is 11.3 Å². The molecule has 0 spiro atoms. The number of halogens is 1. The van der Waals surface area contributed by atoms with Crippen molar-refractivity contribution in [3.8, 4) is 10.6 Å². The highest BCUT2D eigenvalue weighted by Crippen LogP contribution is 2.33. The van der Waals surface area contributed by atoms with Crippen molar-refractivity contribution in [1.82, 2.24) is 14.8 Å². The zero-order valence-electron chi connectivity index (χ0n) is 20.3. The minimum absolute atomic E-state index is 0.0538. The van der Waals surface area contributed by atoms with E-state index in [1.165, 1.54) is 22.5 Å². The van der Waals surface area contributed by atoms with Crippen LogP contribution in [0.5, 0.6) is 0 Å². The average Bonchev–Trinajstić information content (AvgIpc) is 3.40. The number of benzene rings is 3. The SMILES string of the molecule is O=C(c1cc(-c2ccc(Cl)s2)nc2ccccc12)N1CCN(C(c2ccccc2)c2ccccc2)CC1. The molecule has 3 heterocycles. The summed E-state index contributed by atoms with van der Waals surface area (Å²) in [5.74, 6) is 0.0538. The quantitative estimate of drug-likeness (QED) is 0.245. The summed E-state index contributed by atoms with van der Waals surface area (Å²) in [5, 5.41) is 0.882. The van der Waals surface area contributed by atoms with Gasteiger partial charge in [-0.1, -0.05) is 90.5 Å². The van der Waals surface area contributed by atoms with Crippen molar-refractivity contribution in [3.05, 3.63) is 124 Å². The highest BCUT2D eigenvalue weighted by atomic mass is 35.5. The Morgan fingerprint density at radius 1 is 0.784 bits per heavy atom. The number of rotatable bonds is 5. The third kappa shape index (κ3) is 4.90. The number of para-hydroxylation sites is 1. The second-order valence-electron chi connectivity index (χ2n) is 9.23. The number of hydrogen-bond acceptors (Lipinski definition) is 4. The smallest absolute Gasteiger partial charge is 0.254 e. The third-order valence-corrected chi connectivity index (χ3v) is 8.22. The van der Waals surface area contributed by atoms with Crippen LogP contribution in [0.4, 0.5) is 0 Å². The molecule has 0 atom stereocenters. The van der Waals surface area contributed by atoms with Crippen molar-refractivity contribution in [2.75, 3.05) is 26.2 Å². The highest BCUT2D eigenvalue weighted by Gasteiger charge is 2.29. The normalized spacial score (nSPS) is 14.4. The van der Waals surface area contributed by atoms with Gasteiger partial charge >= 0.3 is 0 Å². The fraction of sp³-hybridized carbons (Fsp3) is 0.161. The number of piperazine rings is 1. The Kier molecular flexibility index (Phi) is 6.75. The predicted octanol–water partition coefficient (Wildman–Crippen LogP) is 7.16. The van der Waals surface area contributed by atoms with Crippen molar-refractivity contribution in [1.29, 1.82) is 0 Å². The number of pyridine rings is 1. The van der Waals surface area contributed by atoms with Gasteiger partial charge in [0.1, 0.15) is 0 Å². The monoisotopic (exact) mass is 523 g/mol. The molecule has 1 amide bonds. The molecule has 6 rings (SSSR count). The lowest BCUT2D eigenvalue weighted by Gasteiger charge is -2.40. The van der Waals surface area contributed by atoms with E-state index >= 15 is 0 Å². The number of thiophene rings is 1. The summed E-state index contributed by atoms with van der Waals surface area (Å²) in [7, 11) is 0. The summed E-state index contributed by atoms with van der Waals surface area (Å²) >= 11 is 7.67. The Morgan fingerprint density at radius 3 is 2.03 bits per heavy atom. The van der Waals surface area contributed by atoms with Crippen LogP contribution in [0.3, 0.4) is 0 Å². The lowest BCUT2D eigenvalue weighted by Crippen LogP contribution is -2.49. The largest absolute Gasteiger partial charge is 0.336 e. The van der Waals surface area contributed by atoms with Crippen LogP contribution in [0, 0.1) is 0 Å². The molecule has 0 aliphatic carbocycles. The molecule has 5 aromatic rings. The van der Waals surface area contributed by atoms with Crippen molar-refractivity contribution in [3.63, 3.8) is 0 Å². The van der Waals surface area contributed by atoms with Gasteiger partial charge < -0.3 is 4.90 Å². The van der Waals surface area contributed by atoms with E-state index < -0.39 is 0 Å². The first-order valence-electron chi connectivity index (χ1n) is 12.5. The number of hydrogen-bond donors (Lipinski definition) is 0. The van der Waals surface area contributed by atoms with Crippen molar-refractivity contribution >= 4 is 39.7 Å². The second kappa shape index (κ2) is 10.5. The zero-order chi connectivity index (χ0) is 25.2. The molecular weight excluding hydrogens is 498 g/mol. The first-order chi connectivity index (χ1) is 18.2. The number of carbonyl (C=O) groups is 1. The van der Waals surface area contributed by atoms with Gasteiger partial charge in [-0.05, 0) is 35.4 Å². The van der Waals surface area contributed by atoms with Gasteiger partial charge in [0, 0.05) is 31.6 Å². The number of aromatic nitrogens is 1. The average molecular weight is 524 g/mol. The first kappa shape index (κ1) is 23.9. The van der Waals surface area contributed by atoms with E-state index in [0.717, 1.165) is 34.6 Å². The molecule has 184 valence electrons. The summed E-state index contributed by atoms with van der Waals surface area (Å²) in [6.07, 6.45) is 0. The Labute approximate surface area is 225 Å². The van der Waals surface area contributed by atoms with E-state index in [0.29, 0.717) is 23.0 Å². The lowest BCUT2D eigenvalue weighted by molar-refractivity contribution is 0.0599. The summed E-state index contributed by atoms with van der Waals surface area (Å²) in [6, 6.07) is 35.0. The maximum atomic E-state index is 13.9. The van der Waals surface area contributed by atoms with E-state index in [-0.39, 0.29) is 11.9 Å². The molecule has 0 radical (unpaired) electrons. The van der Waals surface area contributed by atoms with Crippen molar-refractivity contribution in [2.45, 2.75) is 6.04 Å². The molecule has 0 N–H and O–H groups in total. The van der Waals surface area contributed by atoms with Crippen LogP contribution in [0.1, 0.15) is 27.5 Å². The van der Waals surface area contributed by atoms with E-state index in [2.05, 4.69) is 65.6 Å². The standard InChI is InChI=1S/C31H26ClN3OS/c32-29-16-15-28(37-29)27-21-25(24-13-7-8-14-26(24)33-27)31(36)35-19-17-34(18-20-35)30(22-9-3-1-4-10-22)23-11-5-2-6-12-23/h1-16,21,30H,17-20H2. The maximum absolute atomic E-state index is 13.9. The molecule has 0 unspecified atom stereocenters. The molecule has 6 heteroatoms. The van der Waals surface area contributed by atoms with E-state index in [4.69, 9.17) is 16.6 Å². The van der Waals surface area contributed by atoms with Gasteiger partial charge in [0.15, 0.2) is 0 Å². The summed E-state index contributed by atoms with van der Waals surface area (Å²) in [4.78, 5) is 24.1. The van der Waals surface area contributed by atoms with Crippen LogP contribution < -0.4 is 0 Å². The van der Waals surface area contributed by atoms with Crippen LogP contribution in [-0.4, -0.2) is 46.9 Å². The number of amides is 1. The fourth-order valence-corrected chi connectivity index (χ4v) is 6.17. The first-order valence-corrected chi connectivity index (χ1v) is 13.7. The van der Waals surface area contributed by atoms with Gasteiger partial charge in [0.05, 0.1) is 32.0 Å². The molecule has 1 saturated heterocycles. The Morgan fingerprint density at radius 2 is 1.41 bits per heavy atom. The molecule has 1 aliphatic rings. The summed E-state index contributed by atoms with van der Waals surface area (Å²) < 4.78 is 0.709. The Balaban J connectivity index is 1.27. The number of carbonyl (C=O) groups excluding carboxylic acids is 1. The van der Waals surface area contributed by atoms with Crippen LogP contribution in [0.25, 0.3) is 21.5 Å². The molecule has 1 fully saturated rings. The van der Waals surface area contributed by atoms with Gasteiger partial charge in [-0.3, -0.25) is 9.69 Å². The molecule has 0 bridgehead atoms. The molecule has 4 nitrogen and oxygen atoms in total. The molecule has 37 heavy (non-hydrogen) atoms. The predicted molar refractivity (Wildman–Crippen MR) is 152 cm³/mol. The molecular formula is C31H26ClN3OS. The van der Waals surface area contributed by atoms with E-state index in [1.54, 1.807) is 0 Å². The fourth-order valence-electron chi connectivity index (χ4n) is 5.17. The minimum atomic E-state index is 0.0538. The second-order valence-corrected chi connectivity index (χ2v) is 10.9. The maximum Gasteiger partial charge on any atom is 0.254 e. The number of nitrogens with zero attached hydrogens (tertiary/aromatic N) is 3. The molecule has 1 aliphatic heterocycles. The Bertz CT molecular complexity index is 1490. The van der Waals surface area contributed by atoms with Gasteiger partial charge in [-0.2, -0.15) is 0 Å². The van der Waals surface area contributed by atoms with Crippen LogP contribution in [0.15, 0.2) is 103 Å². The van der Waals surface area contributed by atoms with Crippen LogP contribution >= 0.6 is 22.9 Å². The van der Waals surface area contributed by atoms with E-state index in [9.17, 15) is 4.79 Å². The Hall–Kier alpha value is -3.51. The van der Waals surface area contributed by atoms with Gasteiger partial charge in [0.2, 0.25) is 0 Å². The van der Waals surface area contributed by atoms with Crippen LogP contribution in [0.2, 0.25) is 4.34 Å². The highest BCUT2D eigenvalue weighted by molar-refractivity contribution is 7.19. The lowest BCUT2D eigenvalue weighted by atomic mass is 9.96. The summed E-state index contributed by atoms with van der Waals surface area (Å²) in [5.41, 5.74) is 4.84. The zero-order valence-corrected chi connectivity index (χ0v) is 21.8.